The molecule has 1 N–H and O–H groups in total. The average Bonchev–Trinajstić information content (AvgIpc) is 2.30. The van der Waals surface area contributed by atoms with E-state index in [9.17, 15) is 13.2 Å². The summed E-state index contributed by atoms with van der Waals surface area (Å²) in [6, 6.07) is 6.45. The highest BCUT2D eigenvalue weighted by Gasteiger charge is 2.30. The summed E-state index contributed by atoms with van der Waals surface area (Å²) in [4.78, 5) is 0. The minimum Gasteiger partial charge on any atom is -0.406 e. The maximum atomic E-state index is 12.0. The smallest absolute Gasteiger partial charge is 0.406 e. The molecule has 0 bridgehead atoms. The molecule has 0 fully saturated rings. The van der Waals surface area contributed by atoms with E-state index in [1.807, 2.05) is 6.92 Å². The largest absolute Gasteiger partial charge is 0.573 e. The normalized spacial score (nSPS) is 13.3. The van der Waals surface area contributed by atoms with Gasteiger partial charge in [-0.1, -0.05) is 32.4 Å². The third-order valence-electron chi connectivity index (χ3n) is 2.77. The van der Waals surface area contributed by atoms with E-state index in [1.165, 1.54) is 12.1 Å². The Morgan fingerprint density at radius 3 is 2.26 bits per heavy atom. The van der Waals surface area contributed by atoms with Crippen LogP contribution in [0.1, 0.15) is 32.3 Å². The molecule has 5 heteroatoms. The molecule has 108 valence electrons. The topological polar surface area (TPSA) is 21.3 Å². The summed E-state index contributed by atoms with van der Waals surface area (Å²) in [6.07, 6.45) is -1.69. The number of alkyl halides is 3. The van der Waals surface area contributed by atoms with Crippen LogP contribution in [0.5, 0.6) is 5.75 Å². The second kappa shape index (κ2) is 7.38. The summed E-state index contributed by atoms with van der Waals surface area (Å²) in [6.45, 7) is 5.05. The van der Waals surface area contributed by atoms with Gasteiger partial charge in [0, 0.05) is 6.04 Å². The quantitative estimate of drug-likeness (QED) is 0.814. The van der Waals surface area contributed by atoms with Crippen molar-refractivity contribution in [2.75, 3.05) is 6.54 Å². The molecule has 19 heavy (non-hydrogen) atoms. The van der Waals surface area contributed by atoms with Gasteiger partial charge in [-0.25, -0.2) is 0 Å². The Morgan fingerprint density at radius 2 is 1.79 bits per heavy atom. The predicted molar refractivity (Wildman–Crippen MR) is 69.2 cm³/mol. The van der Waals surface area contributed by atoms with Gasteiger partial charge in [-0.05, 0) is 37.1 Å². The van der Waals surface area contributed by atoms with Crippen molar-refractivity contribution >= 4 is 0 Å². The summed E-state index contributed by atoms with van der Waals surface area (Å²) in [7, 11) is 0. The van der Waals surface area contributed by atoms with Crippen molar-refractivity contribution in [3.05, 3.63) is 29.8 Å². The molecular formula is C14H20F3NO. The number of hydrogen-bond donors (Lipinski definition) is 1. The van der Waals surface area contributed by atoms with Crippen LogP contribution in [0.3, 0.4) is 0 Å². The van der Waals surface area contributed by atoms with Crippen LogP contribution in [-0.2, 0) is 6.42 Å². The molecule has 1 rings (SSSR count). The van der Waals surface area contributed by atoms with Gasteiger partial charge >= 0.3 is 6.36 Å². The van der Waals surface area contributed by atoms with E-state index in [0.29, 0.717) is 6.04 Å². The first kappa shape index (κ1) is 15.8. The molecule has 0 saturated carbocycles. The van der Waals surface area contributed by atoms with Crippen molar-refractivity contribution in [1.82, 2.24) is 5.32 Å². The molecule has 0 heterocycles. The fourth-order valence-electron chi connectivity index (χ4n) is 2.03. The first-order valence-corrected chi connectivity index (χ1v) is 6.52. The van der Waals surface area contributed by atoms with Crippen LogP contribution in [0.2, 0.25) is 0 Å². The fourth-order valence-corrected chi connectivity index (χ4v) is 2.03. The first-order chi connectivity index (χ1) is 8.94. The Kier molecular flexibility index (Phi) is 6.15. The van der Waals surface area contributed by atoms with Gasteiger partial charge in [0.1, 0.15) is 5.75 Å². The zero-order valence-electron chi connectivity index (χ0n) is 11.3. The lowest BCUT2D eigenvalue weighted by Crippen LogP contribution is -2.30. The van der Waals surface area contributed by atoms with Gasteiger partial charge in [0.2, 0.25) is 0 Å². The minimum atomic E-state index is -4.63. The third-order valence-corrected chi connectivity index (χ3v) is 2.77. The monoisotopic (exact) mass is 275 g/mol. The summed E-state index contributed by atoms with van der Waals surface area (Å²) >= 11 is 0. The summed E-state index contributed by atoms with van der Waals surface area (Å²) in [5.74, 6) is -0.174. The standard InChI is InChI=1S/C14H20F3NO/c1-3-5-12(18-4-2)10-11-6-8-13(9-7-11)19-14(15,16)17/h6-9,12,18H,3-5,10H2,1-2H3. The van der Waals surface area contributed by atoms with Gasteiger partial charge in [-0.2, -0.15) is 0 Å². The van der Waals surface area contributed by atoms with Crippen molar-refractivity contribution < 1.29 is 17.9 Å². The Hall–Kier alpha value is -1.23. The molecule has 0 aromatic heterocycles. The minimum absolute atomic E-state index is 0.174. The van der Waals surface area contributed by atoms with Gasteiger partial charge in [0.15, 0.2) is 0 Å². The van der Waals surface area contributed by atoms with Crippen LogP contribution < -0.4 is 10.1 Å². The van der Waals surface area contributed by atoms with Crippen LogP contribution in [-0.4, -0.2) is 18.9 Å². The first-order valence-electron chi connectivity index (χ1n) is 6.52. The Bertz CT molecular complexity index is 356. The van der Waals surface area contributed by atoms with Crippen LogP contribution >= 0.6 is 0 Å². The second-order valence-corrected chi connectivity index (χ2v) is 4.44. The van der Waals surface area contributed by atoms with Gasteiger partial charge < -0.3 is 10.1 Å². The molecule has 0 aliphatic carbocycles. The van der Waals surface area contributed by atoms with E-state index in [1.54, 1.807) is 12.1 Å². The van der Waals surface area contributed by atoms with Crippen molar-refractivity contribution in [2.45, 2.75) is 45.5 Å². The van der Waals surface area contributed by atoms with E-state index >= 15 is 0 Å². The Balaban J connectivity index is 2.60. The molecule has 1 atom stereocenters. The molecule has 1 aromatic carbocycles. The van der Waals surface area contributed by atoms with Crippen molar-refractivity contribution in [3.8, 4) is 5.75 Å². The molecule has 0 aliphatic rings. The van der Waals surface area contributed by atoms with E-state index < -0.39 is 6.36 Å². The summed E-state index contributed by atoms with van der Waals surface area (Å²) in [5, 5.41) is 3.37. The lowest BCUT2D eigenvalue weighted by atomic mass is 10.0. The Labute approximate surface area is 112 Å². The number of nitrogens with one attached hydrogen (secondary N) is 1. The van der Waals surface area contributed by atoms with Crippen LogP contribution in [0, 0.1) is 0 Å². The number of likely N-dealkylation sites (N-methyl/N-ethyl adjacent to an activating group) is 1. The van der Waals surface area contributed by atoms with E-state index in [4.69, 9.17) is 0 Å². The third kappa shape index (κ3) is 6.47. The maximum Gasteiger partial charge on any atom is 0.573 e. The van der Waals surface area contributed by atoms with Crippen LogP contribution in [0.25, 0.3) is 0 Å². The van der Waals surface area contributed by atoms with E-state index in [-0.39, 0.29) is 5.75 Å². The van der Waals surface area contributed by atoms with Crippen LogP contribution in [0.15, 0.2) is 24.3 Å². The molecule has 2 nitrogen and oxygen atoms in total. The molecule has 0 saturated heterocycles. The number of halogens is 3. The molecule has 0 radical (unpaired) electrons. The SMILES string of the molecule is CCCC(Cc1ccc(OC(F)(F)F)cc1)NCC. The summed E-state index contributed by atoms with van der Waals surface area (Å²) < 4.78 is 39.9. The van der Waals surface area contributed by atoms with E-state index in [2.05, 4.69) is 17.0 Å². The van der Waals surface area contributed by atoms with Crippen molar-refractivity contribution in [2.24, 2.45) is 0 Å². The molecular weight excluding hydrogens is 255 g/mol. The molecule has 1 unspecified atom stereocenters. The van der Waals surface area contributed by atoms with Gasteiger partial charge in [0.05, 0.1) is 0 Å². The van der Waals surface area contributed by atoms with Crippen molar-refractivity contribution in [3.63, 3.8) is 0 Å². The van der Waals surface area contributed by atoms with Gasteiger partial charge in [-0.3, -0.25) is 0 Å². The number of benzene rings is 1. The fraction of sp³-hybridized carbons (Fsp3) is 0.571. The second-order valence-electron chi connectivity index (χ2n) is 4.44. The molecule has 0 aliphatic heterocycles. The molecule has 0 spiro atoms. The summed E-state index contributed by atoms with van der Waals surface area (Å²) in [5.41, 5.74) is 1.01. The van der Waals surface area contributed by atoms with Crippen molar-refractivity contribution in [1.29, 1.82) is 0 Å². The molecule has 1 aromatic rings. The zero-order valence-corrected chi connectivity index (χ0v) is 11.3. The molecule has 0 amide bonds. The lowest BCUT2D eigenvalue weighted by molar-refractivity contribution is -0.274. The van der Waals surface area contributed by atoms with E-state index in [0.717, 1.165) is 31.4 Å². The highest BCUT2D eigenvalue weighted by Crippen LogP contribution is 2.23. The maximum absolute atomic E-state index is 12.0. The number of rotatable bonds is 7. The van der Waals surface area contributed by atoms with Gasteiger partial charge in [-0.15, -0.1) is 13.2 Å². The highest BCUT2D eigenvalue weighted by atomic mass is 19.4. The number of hydrogen-bond acceptors (Lipinski definition) is 2. The highest BCUT2D eigenvalue weighted by molar-refractivity contribution is 5.28. The average molecular weight is 275 g/mol. The lowest BCUT2D eigenvalue weighted by Gasteiger charge is -2.17. The van der Waals surface area contributed by atoms with Crippen LogP contribution in [0.4, 0.5) is 13.2 Å². The zero-order chi connectivity index (χ0) is 14.3. The Morgan fingerprint density at radius 1 is 1.16 bits per heavy atom. The predicted octanol–water partition coefficient (Wildman–Crippen LogP) is 3.91. The number of ether oxygens (including phenoxy) is 1. The van der Waals surface area contributed by atoms with Gasteiger partial charge in [0.25, 0.3) is 0 Å².